The van der Waals surface area contributed by atoms with Crippen LogP contribution in [0.1, 0.15) is 65.7 Å². The monoisotopic (exact) mass is 266 g/mol. The Kier molecular flexibility index (Phi) is 4.88. The van der Waals surface area contributed by atoms with Crippen LogP contribution in [0.2, 0.25) is 0 Å². The van der Waals surface area contributed by atoms with E-state index in [4.69, 9.17) is 0 Å². The highest BCUT2D eigenvalue weighted by Gasteiger charge is 2.31. The molecule has 3 nitrogen and oxygen atoms in total. The van der Waals surface area contributed by atoms with Crippen molar-refractivity contribution in [2.45, 2.75) is 77.8 Å². The zero-order chi connectivity index (χ0) is 13.9. The Morgan fingerprint density at radius 3 is 2.37 bits per heavy atom. The van der Waals surface area contributed by atoms with Gasteiger partial charge in [0.2, 0.25) is 5.91 Å². The first kappa shape index (κ1) is 14.8. The third-order valence-electron chi connectivity index (χ3n) is 4.92. The van der Waals surface area contributed by atoms with Gasteiger partial charge in [-0.15, -0.1) is 0 Å². The van der Waals surface area contributed by atoms with Crippen LogP contribution in [0.3, 0.4) is 0 Å². The summed E-state index contributed by atoms with van der Waals surface area (Å²) in [7, 11) is 0. The summed E-state index contributed by atoms with van der Waals surface area (Å²) in [6.07, 6.45) is 8.35. The second-order valence-corrected chi connectivity index (χ2v) is 7.42. The average Bonchev–Trinajstić information content (AvgIpc) is 2.55. The van der Waals surface area contributed by atoms with Gasteiger partial charge in [-0.25, -0.2) is 0 Å². The first-order valence-electron chi connectivity index (χ1n) is 8.00. The number of hydrogen-bond donors (Lipinski definition) is 2. The van der Waals surface area contributed by atoms with Crippen LogP contribution < -0.4 is 10.6 Å². The smallest absolute Gasteiger partial charge is 0.237 e. The molecule has 110 valence electrons. The van der Waals surface area contributed by atoms with Gasteiger partial charge in [0, 0.05) is 12.6 Å². The van der Waals surface area contributed by atoms with Crippen LogP contribution in [0, 0.1) is 11.3 Å². The fourth-order valence-corrected chi connectivity index (χ4v) is 3.51. The maximum atomic E-state index is 11.9. The molecule has 0 aromatic rings. The molecular weight excluding hydrogens is 236 g/mol. The van der Waals surface area contributed by atoms with Gasteiger partial charge in [0.15, 0.2) is 0 Å². The van der Waals surface area contributed by atoms with Crippen molar-refractivity contribution < 1.29 is 4.79 Å². The summed E-state index contributed by atoms with van der Waals surface area (Å²) in [5, 5.41) is 6.62. The van der Waals surface area contributed by atoms with Crippen molar-refractivity contribution in [2.75, 3.05) is 6.54 Å². The van der Waals surface area contributed by atoms with Gasteiger partial charge in [-0.05, 0) is 56.3 Å². The summed E-state index contributed by atoms with van der Waals surface area (Å²) in [4.78, 5) is 11.9. The Morgan fingerprint density at radius 2 is 1.74 bits per heavy atom. The third kappa shape index (κ3) is 4.20. The predicted molar refractivity (Wildman–Crippen MR) is 79.0 cm³/mol. The lowest BCUT2D eigenvalue weighted by atomic mass is 9.71. The number of carbonyl (C=O) groups excluding carboxylic acids is 1. The van der Waals surface area contributed by atoms with Crippen LogP contribution in [-0.2, 0) is 4.79 Å². The lowest BCUT2D eigenvalue weighted by molar-refractivity contribution is -0.123. The minimum absolute atomic E-state index is 0.0543. The normalized spacial score (nSPS) is 33.6. The van der Waals surface area contributed by atoms with E-state index in [1.807, 2.05) is 0 Å². The molecule has 2 aliphatic rings. The van der Waals surface area contributed by atoms with Gasteiger partial charge in [0.05, 0.1) is 6.04 Å². The molecule has 0 bridgehead atoms. The van der Waals surface area contributed by atoms with E-state index in [1.165, 1.54) is 25.7 Å². The molecule has 1 saturated carbocycles. The zero-order valence-corrected chi connectivity index (χ0v) is 12.8. The van der Waals surface area contributed by atoms with E-state index in [1.54, 1.807) is 0 Å². The minimum Gasteiger partial charge on any atom is -0.355 e. The predicted octanol–water partition coefficient (Wildman–Crippen LogP) is 2.85. The fourth-order valence-electron chi connectivity index (χ4n) is 3.51. The van der Waals surface area contributed by atoms with Gasteiger partial charge < -0.3 is 10.6 Å². The number of nitrogens with one attached hydrogen (secondary N) is 2. The SMILES string of the molecule is CC(C)(C)C1CCC(NC2CCCCNC2=O)CC1. The molecule has 1 unspecified atom stereocenters. The highest BCUT2D eigenvalue weighted by atomic mass is 16.2. The van der Waals surface area contributed by atoms with Crippen molar-refractivity contribution in [3.8, 4) is 0 Å². The van der Waals surface area contributed by atoms with Crippen molar-refractivity contribution in [3.05, 3.63) is 0 Å². The molecular formula is C16H30N2O. The molecule has 2 rings (SSSR count). The van der Waals surface area contributed by atoms with Gasteiger partial charge in [-0.2, -0.15) is 0 Å². The lowest BCUT2D eigenvalue weighted by Gasteiger charge is -2.38. The largest absolute Gasteiger partial charge is 0.355 e. The Labute approximate surface area is 117 Å². The topological polar surface area (TPSA) is 41.1 Å². The number of hydrogen-bond acceptors (Lipinski definition) is 2. The molecule has 0 aromatic carbocycles. The molecule has 1 heterocycles. The Balaban J connectivity index is 1.80. The molecule has 2 fully saturated rings. The van der Waals surface area contributed by atoms with Crippen LogP contribution in [-0.4, -0.2) is 24.5 Å². The third-order valence-corrected chi connectivity index (χ3v) is 4.92. The van der Waals surface area contributed by atoms with Crippen LogP contribution in [0.4, 0.5) is 0 Å². The van der Waals surface area contributed by atoms with Gasteiger partial charge in [0.25, 0.3) is 0 Å². The van der Waals surface area contributed by atoms with Crippen molar-refractivity contribution >= 4 is 5.91 Å². The van der Waals surface area contributed by atoms with E-state index in [0.29, 0.717) is 11.5 Å². The number of amides is 1. The fraction of sp³-hybridized carbons (Fsp3) is 0.938. The van der Waals surface area contributed by atoms with Gasteiger partial charge in [0.1, 0.15) is 0 Å². The second-order valence-electron chi connectivity index (χ2n) is 7.42. The van der Waals surface area contributed by atoms with E-state index >= 15 is 0 Å². The highest BCUT2D eigenvalue weighted by Crippen LogP contribution is 2.37. The molecule has 0 aromatic heterocycles. The summed E-state index contributed by atoms with van der Waals surface area (Å²) < 4.78 is 0. The number of carbonyl (C=O) groups is 1. The molecule has 0 radical (unpaired) electrons. The minimum atomic E-state index is 0.0543. The molecule has 19 heavy (non-hydrogen) atoms. The van der Waals surface area contributed by atoms with Crippen LogP contribution in [0.5, 0.6) is 0 Å². The number of rotatable bonds is 2. The molecule has 1 amide bonds. The van der Waals surface area contributed by atoms with Crippen LogP contribution in [0.15, 0.2) is 0 Å². The van der Waals surface area contributed by atoms with E-state index < -0.39 is 0 Å². The average molecular weight is 266 g/mol. The molecule has 1 aliphatic heterocycles. The second kappa shape index (κ2) is 6.25. The van der Waals surface area contributed by atoms with E-state index in [-0.39, 0.29) is 11.9 Å². The van der Waals surface area contributed by atoms with Gasteiger partial charge in [-0.3, -0.25) is 4.79 Å². The standard InChI is InChI=1S/C16H30N2O/c1-16(2,3)12-7-9-13(10-8-12)18-14-6-4-5-11-17-15(14)19/h12-14,18H,4-11H2,1-3H3,(H,17,19). The lowest BCUT2D eigenvalue weighted by Crippen LogP contribution is -2.48. The summed E-state index contributed by atoms with van der Waals surface area (Å²) in [5.41, 5.74) is 0.435. The Hall–Kier alpha value is -0.570. The maximum absolute atomic E-state index is 11.9. The van der Waals surface area contributed by atoms with Crippen LogP contribution >= 0.6 is 0 Å². The molecule has 0 spiro atoms. The Bertz CT molecular complexity index is 300. The first-order valence-corrected chi connectivity index (χ1v) is 8.00. The summed E-state index contributed by atoms with van der Waals surface area (Å²) >= 11 is 0. The molecule has 1 atom stereocenters. The summed E-state index contributed by atoms with van der Waals surface area (Å²) in [5.74, 6) is 1.06. The van der Waals surface area contributed by atoms with E-state index in [0.717, 1.165) is 31.7 Å². The molecule has 3 heteroatoms. The van der Waals surface area contributed by atoms with Crippen molar-refractivity contribution in [3.63, 3.8) is 0 Å². The van der Waals surface area contributed by atoms with Crippen LogP contribution in [0.25, 0.3) is 0 Å². The summed E-state index contributed by atoms with van der Waals surface area (Å²) in [6, 6.07) is 0.603. The van der Waals surface area contributed by atoms with Crippen molar-refractivity contribution in [1.82, 2.24) is 10.6 Å². The highest BCUT2D eigenvalue weighted by molar-refractivity contribution is 5.81. The van der Waals surface area contributed by atoms with Gasteiger partial charge >= 0.3 is 0 Å². The quantitative estimate of drug-likeness (QED) is 0.807. The molecule has 1 saturated heterocycles. The van der Waals surface area contributed by atoms with Crippen molar-refractivity contribution in [2.24, 2.45) is 11.3 Å². The van der Waals surface area contributed by atoms with Gasteiger partial charge in [-0.1, -0.05) is 20.8 Å². The zero-order valence-electron chi connectivity index (χ0n) is 12.8. The molecule has 2 N–H and O–H groups in total. The molecule has 1 aliphatic carbocycles. The Morgan fingerprint density at radius 1 is 1.05 bits per heavy atom. The van der Waals surface area contributed by atoms with E-state index in [9.17, 15) is 4.79 Å². The maximum Gasteiger partial charge on any atom is 0.237 e. The summed E-state index contributed by atoms with van der Waals surface area (Å²) in [6.45, 7) is 7.91. The van der Waals surface area contributed by atoms with E-state index in [2.05, 4.69) is 31.4 Å². The van der Waals surface area contributed by atoms with Crippen molar-refractivity contribution in [1.29, 1.82) is 0 Å². The first-order chi connectivity index (χ1) is 8.97.